The van der Waals surface area contributed by atoms with Gasteiger partial charge in [-0.3, -0.25) is 9.59 Å². The number of ketones is 2. The fourth-order valence-corrected chi connectivity index (χ4v) is 4.02. The largest absolute Gasteiger partial charge is 0.451 e. The molecule has 3 rings (SSSR count). The summed E-state index contributed by atoms with van der Waals surface area (Å²) in [5.74, 6) is -1.03. The third-order valence-electron chi connectivity index (χ3n) is 5.53. The van der Waals surface area contributed by atoms with Gasteiger partial charge in [0, 0.05) is 34.8 Å². The first kappa shape index (κ1) is 20.8. The van der Waals surface area contributed by atoms with E-state index in [-0.39, 0.29) is 11.6 Å². The van der Waals surface area contributed by atoms with Gasteiger partial charge in [-0.05, 0) is 77.7 Å². The number of aryl methyl sites for hydroxylation is 2. The number of aromatic nitrogens is 2. The predicted molar refractivity (Wildman–Crippen MR) is 111 cm³/mol. The van der Waals surface area contributed by atoms with Crippen LogP contribution in [0.1, 0.15) is 81.8 Å². The zero-order valence-corrected chi connectivity index (χ0v) is 17.9. The Hall–Kier alpha value is -2.89. The van der Waals surface area contributed by atoms with Gasteiger partial charge in [0.1, 0.15) is 0 Å². The number of nitrogens with one attached hydrogen (secondary N) is 1. The molecule has 0 bridgehead atoms. The average Bonchev–Trinajstić information content (AvgIpc) is 3.36. The molecule has 0 aromatic carbocycles. The van der Waals surface area contributed by atoms with E-state index in [0.29, 0.717) is 28.6 Å². The first-order chi connectivity index (χ1) is 13.6. The van der Waals surface area contributed by atoms with Gasteiger partial charge >= 0.3 is 5.97 Å². The second-order valence-electron chi connectivity index (χ2n) is 7.89. The van der Waals surface area contributed by atoms with Crippen molar-refractivity contribution in [1.29, 1.82) is 0 Å². The van der Waals surface area contributed by atoms with E-state index < -0.39 is 12.1 Å². The van der Waals surface area contributed by atoms with Crippen molar-refractivity contribution in [1.82, 2.24) is 9.55 Å². The molecular weight excluding hydrogens is 368 g/mol. The number of H-pyrrole nitrogens is 1. The normalized spacial score (nSPS) is 15.0. The zero-order chi connectivity index (χ0) is 21.5. The Morgan fingerprint density at radius 3 is 2.41 bits per heavy atom. The fraction of sp³-hybridized carbons (Fsp3) is 0.435. The third kappa shape index (κ3) is 4.11. The lowest BCUT2D eigenvalue weighted by molar-refractivity contribution is -0.140. The van der Waals surface area contributed by atoms with Gasteiger partial charge < -0.3 is 14.3 Å². The van der Waals surface area contributed by atoms with Gasteiger partial charge in [0.05, 0.1) is 5.69 Å². The molecular formula is C23H28N2O4. The zero-order valence-electron chi connectivity index (χ0n) is 17.9. The first-order valence-corrected chi connectivity index (χ1v) is 9.93. The van der Waals surface area contributed by atoms with Crippen molar-refractivity contribution in [2.24, 2.45) is 0 Å². The summed E-state index contributed by atoms with van der Waals surface area (Å²) in [6.07, 6.45) is 4.53. The Balaban J connectivity index is 1.69. The maximum absolute atomic E-state index is 12.7. The molecule has 2 heterocycles. The van der Waals surface area contributed by atoms with E-state index in [1.165, 1.54) is 38.5 Å². The molecule has 1 aliphatic carbocycles. The van der Waals surface area contributed by atoms with Gasteiger partial charge in [0.25, 0.3) is 0 Å². The van der Waals surface area contributed by atoms with Gasteiger partial charge in [-0.15, -0.1) is 0 Å². The van der Waals surface area contributed by atoms with Crippen LogP contribution in [0.3, 0.4) is 0 Å². The number of aromatic amines is 1. The van der Waals surface area contributed by atoms with Crippen molar-refractivity contribution in [3.8, 4) is 0 Å². The van der Waals surface area contributed by atoms with Crippen molar-refractivity contribution in [3.63, 3.8) is 0 Å². The summed E-state index contributed by atoms with van der Waals surface area (Å²) in [6.45, 7) is 10.6. The highest BCUT2D eigenvalue weighted by atomic mass is 16.5. The van der Waals surface area contributed by atoms with Gasteiger partial charge in [-0.1, -0.05) is 0 Å². The number of hydrogen-bond acceptors (Lipinski definition) is 4. The lowest BCUT2D eigenvalue weighted by Gasteiger charge is -2.10. The van der Waals surface area contributed by atoms with Crippen LogP contribution in [0.5, 0.6) is 0 Å². The second-order valence-corrected chi connectivity index (χ2v) is 7.89. The fourth-order valence-electron chi connectivity index (χ4n) is 4.02. The summed E-state index contributed by atoms with van der Waals surface area (Å²) in [5.41, 5.74) is 5.34. The van der Waals surface area contributed by atoms with Crippen LogP contribution in [0, 0.1) is 27.7 Å². The third-order valence-corrected chi connectivity index (χ3v) is 5.53. The standard InChI is InChI=1S/C23H28N2O4/c1-12-11-18(15(4)25(12)19-8-9-19)7-10-20(27)29-17(6)23(28)22-13(2)21(16(5)26)14(3)24-22/h7,10-11,17,19,24H,8-9H2,1-6H3/b10-7+/t17-/m0/s1. The number of esters is 1. The van der Waals surface area contributed by atoms with Crippen LogP contribution >= 0.6 is 0 Å². The Morgan fingerprint density at radius 2 is 1.86 bits per heavy atom. The smallest absolute Gasteiger partial charge is 0.331 e. The van der Waals surface area contributed by atoms with Crippen LogP contribution in [0.15, 0.2) is 12.1 Å². The molecule has 1 fully saturated rings. The number of Topliss-reactive ketones (excluding diaryl/α,β-unsaturated/α-hetero) is 2. The molecule has 1 aliphatic rings. The quantitative estimate of drug-likeness (QED) is 0.427. The minimum absolute atomic E-state index is 0.105. The maximum Gasteiger partial charge on any atom is 0.331 e. The number of carbonyl (C=O) groups is 3. The number of nitrogens with zero attached hydrogens (tertiary/aromatic N) is 1. The summed E-state index contributed by atoms with van der Waals surface area (Å²) in [6, 6.07) is 2.63. The van der Waals surface area contributed by atoms with Gasteiger partial charge in [-0.2, -0.15) is 0 Å². The van der Waals surface area contributed by atoms with Crippen LogP contribution in [-0.2, 0) is 9.53 Å². The van der Waals surface area contributed by atoms with Gasteiger partial charge in [0.2, 0.25) is 5.78 Å². The van der Waals surface area contributed by atoms with Crippen molar-refractivity contribution in [2.75, 3.05) is 0 Å². The van der Waals surface area contributed by atoms with E-state index in [1.54, 1.807) is 19.9 Å². The minimum atomic E-state index is -0.956. The lowest BCUT2D eigenvalue weighted by Crippen LogP contribution is -2.24. The molecule has 0 unspecified atom stereocenters. The Morgan fingerprint density at radius 1 is 1.21 bits per heavy atom. The van der Waals surface area contributed by atoms with Crippen LogP contribution < -0.4 is 0 Å². The topological polar surface area (TPSA) is 81.2 Å². The summed E-state index contributed by atoms with van der Waals surface area (Å²) in [4.78, 5) is 39.7. The van der Waals surface area contributed by atoms with Crippen LogP contribution in [0.4, 0.5) is 0 Å². The molecule has 1 saturated carbocycles. The van der Waals surface area contributed by atoms with Crippen molar-refractivity contribution < 1.29 is 19.1 Å². The number of rotatable bonds is 7. The molecule has 0 radical (unpaired) electrons. The van der Waals surface area contributed by atoms with Crippen LogP contribution in [-0.4, -0.2) is 33.2 Å². The van der Waals surface area contributed by atoms with E-state index >= 15 is 0 Å². The molecule has 0 aliphatic heterocycles. The Labute approximate surface area is 170 Å². The molecule has 1 atom stereocenters. The molecule has 29 heavy (non-hydrogen) atoms. The molecule has 0 amide bonds. The minimum Gasteiger partial charge on any atom is -0.451 e. The van der Waals surface area contributed by atoms with E-state index in [9.17, 15) is 14.4 Å². The summed E-state index contributed by atoms with van der Waals surface area (Å²) >= 11 is 0. The molecule has 6 heteroatoms. The SMILES string of the molecule is CC(=O)c1c(C)[nH]c(C(=O)[C@H](C)OC(=O)/C=C/c2cc(C)n(C3CC3)c2C)c1C. The molecule has 0 saturated heterocycles. The van der Waals surface area contributed by atoms with Gasteiger partial charge in [0.15, 0.2) is 11.9 Å². The average molecular weight is 396 g/mol. The highest BCUT2D eigenvalue weighted by molar-refractivity contribution is 6.05. The van der Waals surface area contributed by atoms with E-state index in [0.717, 1.165) is 11.3 Å². The Bertz CT molecular complexity index is 1020. The predicted octanol–water partition coefficient (Wildman–Crippen LogP) is 4.42. The molecule has 2 aromatic heterocycles. The van der Waals surface area contributed by atoms with E-state index in [2.05, 4.69) is 22.5 Å². The molecule has 2 aromatic rings. The summed E-state index contributed by atoms with van der Waals surface area (Å²) in [5, 5.41) is 0. The van der Waals surface area contributed by atoms with Crippen molar-refractivity contribution >= 4 is 23.6 Å². The monoisotopic (exact) mass is 396 g/mol. The lowest BCUT2D eigenvalue weighted by atomic mass is 10.0. The number of hydrogen-bond donors (Lipinski definition) is 1. The van der Waals surface area contributed by atoms with Crippen molar-refractivity contribution in [2.45, 2.75) is 66.5 Å². The summed E-state index contributed by atoms with van der Waals surface area (Å²) in [7, 11) is 0. The second kappa shape index (κ2) is 7.85. The number of carbonyl (C=O) groups excluding carboxylic acids is 3. The molecule has 154 valence electrons. The van der Waals surface area contributed by atoms with Crippen LogP contribution in [0.2, 0.25) is 0 Å². The first-order valence-electron chi connectivity index (χ1n) is 9.93. The summed E-state index contributed by atoms with van der Waals surface area (Å²) < 4.78 is 7.61. The van der Waals surface area contributed by atoms with Crippen molar-refractivity contribution in [3.05, 3.63) is 51.6 Å². The van der Waals surface area contributed by atoms with Crippen LogP contribution in [0.25, 0.3) is 6.08 Å². The molecule has 0 spiro atoms. The molecule has 6 nitrogen and oxygen atoms in total. The number of ether oxygens (including phenoxy) is 1. The highest BCUT2D eigenvalue weighted by Gasteiger charge is 2.27. The maximum atomic E-state index is 12.7. The Kier molecular flexibility index (Phi) is 5.64. The van der Waals surface area contributed by atoms with E-state index in [1.807, 2.05) is 6.92 Å². The van der Waals surface area contributed by atoms with Gasteiger partial charge in [-0.25, -0.2) is 4.79 Å². The highest BCUT2D eigenvalue weighted by Crippen LogP contribution is 2.38. The molecule has 1 N–H and O–H groups in total. The van der Waals surface area contributed by atoms with E-state index in [4.69, 9.17) is 4.74 Å².